The number of hydrogen-bond acceptors (Lipinski definition) is 3. The Morgan fingerprint density at radius 1 is 1.19 bits per heavy atom. The van der Waals surface area contributed by atoms with Gasteiger partial charge in [-0.05, 0) is 56.6 Å². The van der Waals surface area contributed by atoms with Crippen LogP contribution in [0.4, 0.5) is 0 Å². The van der Waals surface area contributed by atoms with E-state index in [-0.39, 0.29) is 0 Å². The fourth-order valence-corrected chi connectivity index (χ4v) is 3.21. The summed E-state index contributed by atoms with van der Waals surface area (Å²) in [7, 11) is 1.81. The highest BCUT2D eigenvalue weighted by Gasteiger charge is 2.13. The summed E-state index contributed by atoms with van der Waals surface area (Å²) >= 11 is 0. The first-order valence-electron chi connectivity index (χ1n) is 9.85. The highest BCUT2D eigenvalue weighted by atomic mass is 16.5. The van der Waals surface area contributed by atoms with Crippen molar-refractivity contribution in [2.24, 2.45) is 10.9 Å². The molecule has 1 fully saturated rings. The molecule has 0 spiro atoms. The van der Waals surface area contributed by atoms with E-state index in [1.807, 2.05) is 7.05 Å². The smallest absolute Gasteiger partial charge is 0.190 e. The van der Waals surface area contributed by atoms with E-state index in [2.05, 4.69) is 47.7 Å². The van der Waals surface area contributed by atoms with Crippen molar-refractivity contribution < 1.29 is 9.47 Å². The van der Waals surface area contributed by atoms with Crippen molar-refractivity contribution in [3.8, 4) is 0 Å². The number of rotatable bonds is 9. The molecule has 5 heteroatoms. The van der Waals surface area contributed by atoms with Crippen molar-refractivity contribution in [3.63, 3.8) is 0 Å². The van der Waals surface area contributed by atoms with E-state index in [0.717, 1.165) is 71.2 Å². The average Bonchev–Trinajstić information content (AvgIpc) is 2.65. The predicted molar refractivity (Wildman–Crippen MR) is 108 cm³/mol. The van der Waals surface area contributed by atoms with Gasteiger partial charge < -0.3 is 20.1 Å². The van der Waals surface area contributed by atoms with Gasteiger partial charge in [-0.3, -0.25) is 4.99 Å². The van der Waals surface area contributed by atoms with Crippen LogP contribution in [0.3, 0.4) is 0 Å². The van der Waals surface area contributed by atoms with Crippen molar-refractivity contribution >= 4 is 5.96 Å². The van der Waals surface area contributed by atoms with Crippen LogP contribution in [0.1, 0.15) is 36.0 Å². The number of aliphatic imine (C=N–C) groups is 1. The summed E-state index contributed by atoms with van der Waals surface area (Å²) in [6, 6.07) is 6.64. The zero-order valence-electron chi connectivity index (χ0n) is 16.6. The Hall–Kier alpha value is -1.59. The molecule has 0 saturated carbocycles. The third-order valence-electron chi connectivity index (χ3n) is 4.86. The Balaban J connectivity index is 1.53. The first-order valence-corrected chi connectivity index (χ1v) is 9.85. The van der Waals surface area contributed by atoms with Crippen molar-refractivity contribution in [3.05, 3.63) is 34.9 Å². The Morgan fingerprint density at radius 2 is 1.96 bits per heavy atom. The summed E-state index contributed by atoms with van der Waals surface area (Å²) in [5.74, 6) is 1.54. The van der Waals surface area contributed by atoms with Crippen LogP contribution in [-0.4, -0.2) is 52.5 Å². The van der Waals surface area contributed by atoms with Crippen LogP contribution in [0.25, 0.3) is 0 Å². The van der Waals surface area contributed by atoms with E-state index in [1.54, 1.807) is 0 Å². The highest BCUT2D eigenvalue weighted by Crippen LogP contribution is 2.14. The highest BCUT2D eigenvalue weighted by molar-refractivity contribution is 5.79. The van der Waals surface area contributed by atoms with Crippen molar-refractivity contribution in [2.45, 2.75) is 39.5 Å². The first kappa shape index (κ1) is 20.7. The fraction of sp³-hybridized carbons (Fsp3) is 0.667. The summed E-state index contributed by atoms with van der Waals surface area (Å²) < 4.78 is 11.2. The normalized spacial score (nSPS) is 15.9. The van der Waals surface area contributed by atoms with Crippen LogP contribution < -0.4 is 10.6 Å². The standard InChI is InChI=1S/C21H35N3O2/c1-17-5-6-20(18(2)15-17)7-11-24-21(22-3)23-10-4-12-26-16-19-8-13-25-14-9-19/h5-6,15,19H,4,7-14,16H2,1-3H3,(H2,22,23,24). The topological polar surface area (TPSA) is 54.9 Å². The zero-order chi connectivity index (χ0) is 18.6. The maximum Gasteiger partial charge on any atom is 0.190 e. The van der Waals surface area contributed by atoms with Gasteiger partial charge in [-0.15, -0.1) is 0 Å². The Morgan fingerprint density at radius 3 is 2.69 bits per heavy atom. The number of benzene rings is 1. The van der Waals surface area contributed by atoms with Crippen LogP contribution in [0, 0.1) is 19.8 Å². The van der Waals surface area contributed by atoms with Gasteiger partial charge in [0.15, 0.2) is 5.96 Å². The van der Waals surface area contributed by atoms with Crippen LogP contribution in [0.2, 0.25) is 0 Å². The first-order chi connectivity index (χ1) is 12.7. The van der Waals surface area contributed by atoms with Crippen molar-refractivity contribution in [1.82, 2.24) is 10.6 Å². The van der Waals surface area contributed by atoms with Gasteiger partial charge in [0.1, 0.15) is 0 Å². The Bertz CT molecular complexity index is 554. The molecule has 0 unspecified atom stereocenters. The maximum absolute atomic E-state index is 5.79. The van der Waals surface area contributed by atoms with Gasteiger partial charge >= 0.3 is 0 Å². The van der Waals surface area contributed by atoms with Crippen molar-refractivity contribution in [2.75, 3.05) is 46.6 Å². The number of nitrogens with one attached hydrogen (secondary N) is 2. The minimum Gasteiger partial charge on any atom is -0.381 e. The van der Waals surface area contributed by atoms with Gasteiger partial charge in [0, 0.05) is 46.6 Å². The third kappa shape index (κ3) is 7.75. The van der Waals surface area contributed by atoms with Gasteiger partial charge in [0.25, 0.3) is 0 Å². The fourth-order valence-electron chi connectivity index (χ4n) is 3.21. The lowest BCUT2D eigenvalue weighted by Crippen LogP contribution is -2.39. The van der Waals surface area contributed by atoms with E-state index in [9.17, 15) is 0 Å². The summed E-state index contributed by atoms with van der Waals surface area (Å²) in [4.78, 5) is 4.29. The van der Waals surface area contributed by atoms with Crippen LogP contribution in [-0.2, 0) is 15.9 Å². The molecular weight excluding hydrogens is 326 g/mol. The van der Waals surface area contributed by atoms with Gasteiger partial charge in [0.05, 0.1) is 0 Å². The molecule has 2 rings (SSSR count). The summed E-state index contributed by atoms with van der Waals surface area (Å²) in [5, 5.41) is 6.74. The second-order valence-electron chi connectivity index (χ2n) is 7.09. The molecule has 1 heterocycles. The molecule has 0 aliphatic carbocycles. The summed E-state index contributed by atoms with van der Waals surface area (Å²) in [6.07, 6.45) is 4.26. The van der Waals surface area contributed by atoms with Crippen LogP contribution >= 0.6 is 0 Å². The Labute approximate surface area is 158 Å². The molecule has 1 aliphatic rings. The number of hydrogen-bond donors (Lipinski definition) is 2. The molecule has 1 aliphatic heterocycles. The minimum atomic E-state index is 0.677. The maximum atomic E-state index is 5.79. The van der Waals surface area contributed by atoms with E-state index in [0.29, 0.717) is 5.92 Å². The van der Waals surface area contributed by atoms with E-state index in [1.165, 1.54) is 16.7 Å². The lowest BCUT2D eigenvalue weighted by molar-refractivity contribution is 0.0203. The molecule has 0 bridgehead atoms. The molecule has 26 heavy (non-hydrogen) atoms. The number of ether oxygens (including phenoxy) is 2. The quantitative estimate of drug-likeness (QED) is 0.403. The van der Waals surface area contributed by atoms with Gasteiger partial charge in [-0.2, -0.15) is 0 Å². The summed E-state index contributed by atoms with van der Waals surface area (Å²) in [6.45, 7) is 9.50. The molecule has 0 amide bonds. The molecule has 1 aromatic rings. The third-order valence-corrected chi connectivity index (χ3v) is 4.86. The number of aryl methyl sites for hydroxylation is 2. The monoisotopic (exact) mass is 361 g/mol. The largest absolute Gasteiger partial charge is 0.381 e. The van der Waals surface area contributed by atoms with Crippen LogP contribution in [0.15, 0.2) is 23.2 Å². The zero-order valence-corrected chi connectivity index (χ0v) is 16.6. The molecule has 0 radical (unpaired) electrons. The molecule has 1 aromatic carbocycles. The second kappa shape index (κ2) is 11.9. The molecule has 2 N–H and O–H groups in total. The minimum absolute atomic E-state index is 0.677. The second-order valence-corrected chi connectivity index (χ2v) is 7.09. The average molecular weight is 362 g/mol. The molecule has 146 valence electrons. The van der Waals surface area contributed by atoms with Gasteiger partial charge in [-0.25, -0.2) is 0 Å². The van der Waals surface area contributed by atoms with Crippen molar-refractivity contribution in [1.29, 1.82) is 0 Å². The summed E-state index contributed by atoms with van der Waals surface area (Å²) in [5.41, 5.74) is 4.06. The van der Waals surface area contributed by atoms with Gasteiger partial charge in [-0.1, -0.05) is 23.8 Å². The number of guanidine groups is 1. The molecule has 5 nitrogen and oxygen atoms in total. The lowest BCUT2D eigenvalue weighted by Gasteiger charge is -2.21. The molecular formula is C21H35N3O2. The van der Waals surface area contributed by atoms with E-state index < -0.39 is 0 Å². The lowest BCUT2D eigenvalue weighted by atomic mass is 10.0. The predicted octanol–water partition coefficient (Wildman–Crippen LogP) is 2.84. The van der Waals surface area contributed by atoms with Gasteiger partial charge in [0.2, 0.25) is 0 Å². The number of nitrogens with zero attached hydrogens (tertiary/aromatic N) is 1. The molecule has 1 saturated heterocycles. The molecule has 0 aromatic heterocycles. The SMILES string of the molecule is CN=C(NCCCOCC1CCOCC1)NCCc1ccc(C)cc1C. The molecule has 0 atom stereocenters. The van der Waals surface area contributed by atoms with Crippen LogP contribution in [0.5, 0.6) is 0 Å². The van der Waals surface area contributed by atoms with E-state index in [4.69, 9.17) is 9.47 Å². The van der Waals surface area contributed by atoms with E-state index >= 15 is 0 Å². The Kier molecular flexibility index (Phi) is 9.50.